The molecule has 0 aromatic heterocycles. The molecule has 1 aliphatic rings. The molecule has 520 valence electrons. The zero-order valence-corrected chi connectivity index (χ0v) is 70.2. The number of aromatic hydroxyl groups is 4. The van der Waals surface area contributed by atoms with E-state index in [0.717, 1.165) is 98.4 Å². The van der Waals surface area contributed by atoms with Crippen LogP contribution < -0.4 is 4.74 Å². The van der Waals surface area contributed by atoms with Gasteiger partial charge in [0.05, 0.1) is 7.11 Å². The maximum atomic E-state index is 9.88. The molecule has 0 atom stereocenters. The van der Waals surface area contributed by atoms with Crippen LogP contribution in [0.3, 0.4) is 0 Å². The lowest BCUT2D eigenvalue weighted by molar-refractivity contribution is 0.260. The van der Waals surface area contributed by atoms with Gasteiger partial charge in [0.2, 0.25) is 0 Å². The fourth-order valence-corrected chi connectivity index (χ4v) is 49.7. The van der Waals surface area contributed by atoms with Crippen LogP contribution >= 0.6 is 0 Å². The van der Waals surface area contributed by atoms with Gasteiger partial charge < -0.3 is 41.6 Å². The molecule has 0 amide bonds. The molecule has 0 aliphatic heterocycles. The van der Waals surface area contributed by atoms with E-state index in [0.29, 0.717) is 23.0 Å². The molecule has 0 saturated heterocycles. The minimum atomic E-state index is -1.77. The lowest BCUT2D eigenvalue weighted by Crippen LogP contribution is -2.44. The van der Waals surface area contributed by atoms with Gasteiger partial charge in [-0.1, -0.05) is 105 Å². The number of phenols is 4. The molecule has 0 spiro atoms. The highest BCUT2D eigenvalue weighted by atomic mass is 28.4. The van der Waals surface area contributed by atoms with Crippen LogP contribution in [0.25, 0.3) is 0 Å². The molecule has 0 radical (unpaired) electrons. The molecular weight excluding hydrogens is 1280 g/mol. The Morgan fingerprint density at radius 1 is 0.301 bits per heavy atom. The molecule has 0 unspecified atom stereocenters. The van der Waals surface area contributed by atoms with Crippen LogP contribution in [0.15, 0.2) is 97.1 Å². The van der Waals surface area contributed by atoms with Gasteiger partial charge in [-0.15, -0.1) is 0 Å². The molecule has 0 heterocycles. The number of hydrogen-bond donors (Lipinski definition) is 4. The second-order valence-electron chi connectivity index (χ2n) is 33.0. The first-order valence-corrected chi connectivity index (χ1v) is 60.7. The lowest BCUT2D eigenvalue weighted by atomic mass is 9.80. The Morgan fingerprint density at radius 3 is 0.806 bits per heavy atom. The van der Waals surface area contributed by atoms with Crippen LogP contribution in [0.1, 0.15) is 114 Å². The summed E-state index contributed by atoms with van der Waals surface area (Å²) in [4.78, 5) is 0. The maximum absolute atomic E-state index is 9.88. The van der Waals surface area contributed by atoms with Crippen molar-refractivity contribution in [1.29, 1.82) is 0 Å². The standard InChI is InChI=1S/C38H68O5Si4.C38H62O4Si4/c1-31-29-34(19-21-36(31)39)13-11-25-44(3,4)42-46(7,8)27-23-32-15-17-33(18-16-32)24-28-47(9,10)43-45(5,6)26-12-14-35-20-22-37(40)38(30-35)41-2;1-31-29-35(19-21-37(31)39)13-11-25-43(3,4)41-45(7,8)27-23-33-15-17-34(18-16-33)24-28-46(9,10)42-44(5,6)26-12-14-36-20-22-38(40)32(2)30-36/h19-22,29-30,32-33,39-40H,11-18,23-28H2,1-10H3;15-22,29-30,39-40H,11-14,23-28H2,1-10H3. The smallest absolute Gasteiger partial charge is 0.173 e. The van der Waals surface area contributed by atoms with E-state index >= 15 is 0 Å². The third-order valence-corrected chi connectivity index (χ3v) is 49.4. The average Bonchev–Trinajstić information content (AvgIpc) is 1.79. The molecule has 1 aliphatic carbocycles. The van der Waals surface area contributed by atoms with Crippen molar-refractivity contribution in [3.8, 4) is 28.7 Å². The van der Waals surface area contributed by atoms with E-state index in [9.17, 15) is 20.4 Å². The van der Waals surface area contributed by atoms with Crippen molar-refractivity contribution in [3.63, 3.8) is 0 Å². The van der Waals surface area contributed by atoms with Crippen molar-refractivity contribution in [2.75, 3.05) is 7.11 Å². The van der Waals surface area contributed by atoms with E-state index in [-0.39, 0.29) is 5.75 Å². The van der Waals surface area contributed by atoms with Crippen molar-refractivity contribution < 1.29 is 41.6 Å². The topological polar surface area (TPSA) is 127 Å². The molecule has 0 bridgehead atoms. The molecule has 9 nitrogen and oxygen atoms in total. The number of methoxy groups -OCH3 is 1. The summed E-state index contributed by atoms with van der Waals surface area (Å²) in [7, 11) is -12.2. The van der Waals surface area contributed by atoms with Crippen LogP contribution in [-0.4, -0.2) is 94.1 Å². The highest BCUT2D eigenvalue weighted by Crippen LogP contribution is 2.39. The van der Waals surface area contributed by atoms with Crippen molar-refractivity contribution in [3.05, 3.63) is 147 Å². The van der Waals surface area contributed by atoms with Crippen LogP contribution in [0, 0.1) is 32.6 Å². The van der Waals surface area contributed by atoms with Crippen molar-refractivity contribution in [1.82, 2.24) is 0 Å². The molecule has 6 rings (SSSR count). The Labute approximate surface area is 575 Å². The fraction of sp³-hybridized carbons (Fsp3) is 0.605. The van der Waals surface area contributed by atoms with E-state index in [1.54, 1.807) is 13.2 Å². The van der Waals surface area contributed by atoms with E-state index in [1.807, 2.05) is 63.2 Å². The summed E-state index contributed by atoms with van der Waals surface area (Å²) in [6.07, 6.45) is 19.2. The second-order valence-corrected chi connectivity index (χ2v) is 68.5. The van der Waals surface area contributed by atoms with Crippen LogP contribution in [-0.2, 0) is 55.0 Å². The third kappa shape index (κ3) is 31.0. The number of rotatable bonds is 37. The zero-order chi connectivity index (χ0) is 69.1. The zero-order valence-electron chi connectivity index (χ0n) is 62.2. The Morgan fingerprint density at radius 2 is 0.538 bits per heavy atom. The van der Waals surface area contributed by atoms with Gasteiger partial charge in [-0.2, -0.15) is 0 Å². The van der Waals surface area contributed by atoms with E-state index in [1.165, 1.54) is 115 Å². The normalized spacial score (nSPS) is 15.5. The maximum Gasteiger partial charge on any atom is 0.173 e. The molecule has 17 heteroatoms. The van der Waals surface area contributed by atoms with Crippen molar-refractivity contribution in [2.24, 2.45) is 11.8 Å². The Bertz CT molecular complexity index is 2960. The molecule has 1 saturated carbocycles. The van der Waals surface area contributed by atoms with Crippen LogP contribution in [0.2, 0.25) is 153 Å². The number of benzene rings is 5. The largest absolute Gasteiger partial charge is 0.508 e. The van der Waals surface area contributed by atoms with E-state index in [2.05, 4.69) is 153 Å². The molecule has 93 heavy (non-hydrogen) atoms. The summed E-state index contributed by atoms with van der Waals surface area (Å²) in [5.74, 6) is 3.67. The van der Waals surface area contributed by atoms with Gasteiger partial charge in [0, 0.05) is 0 Å². The minimum Gasteiger partial charge on any atom is -0.508 e. The monoisotopic (exact) mass is 1410 g/mol. The molecule has 5 aromatic rings. The highest BCUT2D eigenvalue weighted by molar-refractivity contribution is 6.86. The Hall–Kier alpha value is -3.32. The summed E-state index contributed by atoms with van der Waals surface area (Å²) in [5, 5.41) is 39.3. The second kappa shape index (κ2) is 36.0. The summed E-state index contributed by atoms with van der Waals surface area (Å²) in [5.41, 5.74) is 10.9. The van der Waals surface area contributed by atoms with E-state index < -0.39 is 66.5 Å². The van der Waals surface area contributed by atoms with Gasteiger partial charge in [0.25, 0.3) is 0 Å². The van der Waals surface area contributed by atoms with Gasteiger partial charge in [-0.3, -0.25) is 0 Å². The predicted octanol–water partition coefficient (Wildman–Crippen LogP) is 22.3. The third-order valence-electron chi connectivity index (χ3n) is 19.5. The van der Waals surface area contributed by atoms with Crippen LogP contribution in [0.5, 0.6) is 28.7 Å². The number of aryl methyl sites for hydroxylation is 9. The van der Waals surface area contributed by atoms with E-state index in [4.69, 9.17) is 21.2 Å². The summed E-state index contributed by atoms with van der Waals surface area (Å²) in [6.45, 7) is 44.5. The van der Waals surface area contributed by atoms with Gasteiger partial charge in [0.1, 0.15) is 17.2 Å². The van der Waals surface area contributed by atoms with Gasteiger partial charge in [-0.05, 0) is 330 Å². The first-order chi connectivity index (χ1) is 43.2. The van der Waals surface area contributed by atoms with Gasteiger partial charge in [-0.25, -0.2) is 0 Å². The van der Waals surface area contributed by atoms with Crippen molar-refractivity contribution >= 4 is 66.5 Å². The van der Waals surface area contributed by atoms with Crippen LogP contribution in [0.4, 0.5) is 0 Å². The lowest BCUT2D eigenvalue weighted by Gasteiger charge is -2.37. The number of hydrogen-bond acceptors (Lipinski definition) is 9. The highest BCUT2D eigenvalue weighted by Gasteiger charge is 2.37. The number of phenolic OH excluding ortho intramolecular Hbond substituents is 4. The van der Waals surface area contributed by atoms with Gasteiger partial charge >= 0.3 is 0 Å². The molecule has 4 N–H and O–H groups in total. The summed E-state index contributed by atoms with van der Waals surface area (Å²) >= 11 is 0. The first-order valence-electron chi connectivity index (χ1n) is 35.8. The number of ether oxygens (including phenoxy) is 1. The Kier molecular flexibility index (Phi) is 31.1. The molecular formula is C76H130O9Si8. The van der Waals surface area contributed by atoms with Gasteiger partial charge in [0.15, 0.2) is 78.0 Å². The summed E-state index contributed by atoms with van der Waals surface area (Å²) in [6, 6.07) is 42.6. The molecule has 5 aromatic carbocycles. The predicted molar refractivity (Wildman–Crippen MR) is 418 cm³/mol. The fourth-order valence-electron chi connectivity index (χ4n) is 14.4. The molecule has 1 fully saturated rings. The first kappa shape index (κ1) is 80.4. The Balaban J connectivity index is 0.000000337. The SMILES string of the molecule is COc1cc(CCC[Si](C)(C)O[Si](C)(C)CCC2CCC(CC[Si](C)(C)O[Si](C)(C)CCCc3ccc(O)c(C)c3)CC2)ccc1O.Cc1cc(CCC[Si](C)(C)O[Si](C)(C)CCc2ccc(CC[Si](C)(C)O[Si](C)(C)CCCc3ccc(O)c(C)c3)cc2)ccc1O. The summed E-state index contributed by atoms with van der Waals surface area (Å²) < 4.78 is 33.2. The minimum absolute atomic E-state index is 0.206. The van der Waals surface area contributed by atoms with Crippen molar-refractivity contribution in [2.45, 2.75) is 277 Å². The average molecular weight is 1410 g/mol. The quantitative estimate of drug-likeness (QED) is 0.0288.